The highest BCUT2D eigenvalue weighted by molar-refractivity contribution is 5.85. The molecule has 1 heterocycles. The van der Waals surface area contributed by atoms with Crippen LogP contribution in [0.15, 0.2) is 18.2 Å². The van der Waals surface area contributed by atoms with Gasteiger partial charge in [-0.2, -0.15) is 0 Å². The van der Waals surface area contributed by atoms with Gasteiger partial charge in [0.05, 0.1) is 14.2 Å². The van der Waals surface area contributed by atoms with Crippen LogP contribution in [0.1, 0.15) is 26.3 Å². The quantitative estimate of drug-likeness (QED) is 0.482. The van der Waals surface area contributed by atoms with Crippen molar-refractivity contribution in [2.45, 2.75) is 27.2 Å². The van der Waals surface area contributed by atoms with Crippen LogP contribution < -0.4 is 9.47 Å². The van der Waals surface area contributed by atoms with Gasteiger partial charge in [-0.1, -0.05) is 13.0 Å². The van der Waals surface area contributed by atoms with E-state index in [4.69, 9.17) is 18.9 Å². The summed E-state index contributed by atoms with van der Waals surface area (Å²) in [6.07, 6.45) is 1.01. The van der Waals surface area contributed by atoms with Crippen LogP contribution in [0.3, 0.4) is 0 Å². The van der Waals surface area contributed by atoms with Crippen LogP contribution in [0, 0.1) is 0 Å². The van der Waals surface area contributed by atoms with Gasteiger partial charge in [0.2, 0.25) is 0 Å². The van der Waals surface area contributed by atoms with Gasteiger partial charge in [-0.25, -0.2) is 0 Å². The molecule has 32 heavy (non-hydrogen) atoms. The number of aryl methyl sites for hydroxylation is 1. The summed E-state index contributed by atoms with van der Waals surface area (Å²) < 4.78 is 20.1. The molecular formula is C22H38Cl2N2O6. The summed E-state index contributed by atoms with van der Waals surface area (Å²) in [6, 6.07) is 5.97. The number of esters is 2. The largest absolute Gasteiger partial charge is 0.493 e. The third-order valence-electron chi connectivity index (χ3n) is 4.75. The third-order valence-corrected chi connectivity index (χ3v) is 4.75. The summed E-state index contributed by atoms with van der Waals surface area (Å²) in [5.41, 5.74) is 1.26. The molecule has 2 rings (SSSR count). The van der Waals surface area contributed by atoms with Crippen molar-refractivity contribution < 1.29 is 28.5 Å². The summed E-state index contributed by atoms with van der Waals surface area (Å²) in [5.74, 6) is 1.14. The topological polar surface area (TPSA) is 77.5 Å². The van der Waals surface area contributed by atoms with E-state index >= 15 is 0 Å². The molecule has 0 atom stereocenters. The maximum absolute atomic E-state index is 10.6. The fourth-order valence-electron chi connectivity index (χ4n) is 2.97. The van der Waals surface area contributed by atoms with Gasteiger partial charge < -0.3 is 18.9 Å². The summed E-state index contributed by atoms with van der Waals surface area (Å²) in [7, 11) is 3.29. The molecule has 0 radical (unpaired) electrons. The number of hydrogen-bond acceptors (Lipinski definition) is 8. The van der Waals surface area contributed by atoms with Crippen molar-refractivity contribution in [3.8, 4) is 11.5 Å². The Kier molecular flexibility index (Phi) is 19.1. The van der Waals surface area contributed by atoms with Gasteiger partial charge >= 0.3 is 11.9 Å². The second kappa shape index (κ2) is 18.8. The lowest BCUT2D eigenvalue weighted by molar-refractivity contribution is -0.142. The van der Waals surface area contributed by atoms with E-state index in [1.54, 1.807) is 14.2 Å². The van der Waals surface area contributed by atoms with E-state index in [9.17, 15) is 9.59 Å². The molecule has 1 fully saturated rings. The first-order valence-corrected chi connectivity index (χ1v) is 10.3. The lowest BCUT2D eigenvalue weighted by Crippen LogP contribution is -2.48. The van der Waals surface area contributed by atoms with E-state index < -0.39 is 0 Å². The molecule has 0 aliphatic carbocycles. The van der Waals surface area contributed by atoms with E-state index in [-0.39, 0.29) is 36.8 Å². The number of benzene rings is 1. The molecule has 0 aromatic heterocycles. The highest BCUT2D eigenvalue weighted by atomic mass is 35.5. The van der Waals surface area contributed by atoms with E-state index in [0.29, 0.717) is 13.2 Å². The fourth-order valence-corrected chi connectivity index (χ4v) is 2.97. The second-order valence-electron chi connectivity index (χ2n) is 6.91. The normalized spacial score (nSPS) is 13.4. The highest BCUT2D eigenvalue weighted by Crippen LogP contribution is 2.27. The number of halogens is 2. The van der Waals surface area contributed by atoms with Crippen LogP contribution in [0.4, 0.5) is 0 Å². The molecule has 8 nitrogen and oxygen atoms in total. The smallest absolute Gasteiger partial charge is 0.302 e. The Morgan fingerprint density at radius 1 is 0.812 bits per heavy atom. The minimum Gasteiger partial charge on any atom is -0.493 e. The maximum Gasteiger partial charge on any atom is 0.302 e. The summed E-state index contributed by atoms with van der Waals surface area (Å²) in [4.78, 5) is 25.8. The van der Waals surface area contributed by atoms with Crippen LogP contribution in [0.5, 0.6) is 11.5 Å². The van der Waals surface area contributed by atoms with Crippen molar-refractivity contribution in [1.29, 1.82) is 0 Å². The molecule has 1 aromatic carbocycles. The van der Waals surface area contributed by atoms with Gasteiger partial charge in [0.15, 0.2) is 11.5 Å². The standard InChI is InChI=1S/C12H22N2O4.C10H14O2.2ClH/c1-11(15)17-9-7-13-3-5-14(6-4-13)8-10-18-12(2)16;1-4-8-5-6-9(11-2)10(7-8)12-3;;/h3-10H2,1-2H3;5-7H,4H2,1-3H3;2*1H. The molecule has 1 saturated heterocycles. The van der Waals surface area contributed by atoms with Crippen LogP contribution in [-0.2, 0) is 25.5 Å². The first-order chi connectivity index (χ1) is 14.4. The zero-order chi connectivity index (χ0) is 22.4. The summed E-state index contributed by atoms with van der Waals surface area (Å²) in [6.45, 7) is 11.3. The Morgan fingerprint density at radius 2 is 1.25 bits per heavy atom. The Balaban J connectivity index is 0. The van der Waals surface area contributed by atoms with Gasteiger partial charge in [-0.15, -0.1) is 24.8 Å². The molecule has 0 saturated carbocycles. The third kappa shape index (κ3) is 13.6. The number of carbonyl (C=O) groups is 2. The number of hydrogen-bond donors (Lipinski definition) is 0. The molecule has 1 aliphatic rings. The molecule has 1 aromatic rings. The maximum atomic E-state index is 10.6. The average Bonchev–Trinajstić information content (AvgIpc) is 2.74. The number of ether oxygens (including phenoxy) is 4. The number of methoxy groups -OCH3 is 2. The number of piperazine rings is 1. The molecule has 0 unspecified atom stereocenters. The van der Waals surface area contributed by atoms with Crippen LogP contribution >= 0.6 is 24.8 Å². The van der Waals surface area contributed by atoms with E-state index in [1.165, 1.54) is 19.4 Å². The van der Waals surface area contributed by atoms with Crippen molar-refractivity contribution >= 4 is 36.8 Å². The predicted octanol–water partition coefficient (Wildman–Crippen LogP) is 2.84. The Morgan fingerprint density at radius 3 is 1.59 bits per heavy atom. The van der Waals surface area contributed by atoms with E-state index in [0.717, 1.165) is 57.2 Å². The number of nitrogens with zero attached hydrogens (tertiary/aromatic N) is 2. The summed E-state index contributed by atoms with van der Waals surface area (Å²) >= 11 is 0. The Hall–Kier alpha value is -1.74. The lowest BCUT2D eigenvalue weighted by Gasteiger charge is -2.34. The average molecular weight is 497 g/mol. The van der Waals surface area contributed by atoms with Gasteiger partial charge in [0.25, 0.3) is 0 Å². The van der Waals surface area contributed by atoms with Gasteiger partial charge in [0.1, 0.15) is 13.2 Å². The fraction of sp³-hybridized carbons (Fsp3) is 0.636. The lowest BCUT2D eigenvalue weighted by atomic mass is 10.1. The highest BCUT2D eigenvalue weighted by Gasteiger charge is 2.16. The molecule has 0 N–H and O–H groups in total. The minimum absolute atomic E-state index is 0. The van der Waals surface area contributed by atoms with Crippen molar-refractivity contribution in [2.24, 2.45) is 0 Å². The number of rotatable bonds is 9. The van der Waals surface area contributed by atoms with Crippen molar-refractivity contribution in [2.75, 3.05) is 66.7 Å². The van der Waals surface area contributed by atoms with Crippen LogP contribution in [0.2, 0.25) is 0 Å². The second-order valence-corrected chi connectivity index (χ2v) is 6.91. The van der Waals surface area contributed by atoms with Crippen LogP contribution in [-0.4, -0.2) is 88.4 Å². The summed E-state index contributed by atoms with van der Waals surface area (Å²) in [5, 5.41) is 0. The molecular weight excluding hydrogens is 459 g/mol. The van der Waals surface area contributed by atoms with Crippen molar-refractivity contribution in [1.82, 2.24) is 9.80 Å². The number of carbonyl (C=O) groups excluding carboxylic acids is 2. The monoisotopic (exact) mass is 496 g/mol. The first-order valence-electron chi connectivity index (χ1n) is 10.3. The van der Waals surface area contributed by atoms with E-state index in [1.807, 2.05) is 18.2 Å². The molecule has 0 bridgehead atoms. The minimum atomic E-state index is -0.227. The van der Waals surface area contributed by atoms with Gasteiger partial charge in [-0.3, -0.25) is 19.4 Å². The SMILES string of the molecule is CC(=O)OCCN1CCN(CCOC(C)=O)CC1.CCc1ccc(OC)c(OC)c1.Cl.Cl. The van der Waals surface area contributed by atoms with Crippen molar-refractivity contribution in [3.05, 3.63) is 23.8 Å². The predicted molar refractivity (Wildman–Crippen MR) is 130 cm³/mol. The van der Waals surface area contributed by atoms with E-state index in [2.05, 4.69) is 16.7 Å². The van der Waals surface area contributed by atoms with Gasteiger partial charge in [-0.05, 0) is 24.1 Å². The molecule has 10 heteroatoms. The molecule has 1 aliphatic heterocycles. The van der Waals surface area contributed by atoms with Crippen LogP contribution in [0.25, 0.3) is 0 Å². The Bertz CT molecular complexity index is 627. The molecule has 0 spiro atoms. The van der Waals surface area contributed by atoms with Crippen molar-refractivity contribution in [3.63, 3.8) is 0 Å². The molecule has 186 valence electrons. The first kappa shape index (κ1) is 32.4. The zero-order valence-corrected chi connectivity index (χ0v) is 21.4. The zero-order valence-electron chi connectivity index (χ0n) is 19.8. The molecule has 0 amide bonds. The van der Waals surface area contributed by atoms with Gasteiger partial charge in [0, 0.05) is 53.1 Å². The Labute approximate surface area is 204 Å².